The van der Waals surface area contributed by atoms with Crippen molar-refractivity contribution in [1.82, 2.24) is 23.4 Å². The number of amides is 2. The van der Waals surface area contributed by atoms with Crippen LogP contribution in [-0.4, -0.2) is 99.8 Å². The molecule has 6 rings (SSSR count). The minimum atomic E-state index is -1.64. The first-order valence-corrected chi connectivity index (χ1v) is 18.6. The van der Waals surface area contributed by atoms with Crippen LogP contribution in [0.5, 0.6) is 5.75 Å². The molecule has 0 spiro atoms. The number of carbonyl (C=O) groups excluding carboxylic acids is 2. The van der Waals surface area contributed by atoms with Gasteiger partial charge in [0.05, 0.1) is 24.3 Å². The van der Waals surface area contributed by atoms with Crippen molar-refractivity contribution in [3.8, 4) is 17.0 Å². The summed E-state index contributed by atoms with van der Waals surface area (Å²) in [6.07, 6.45) is 4.20. The zero-order valence-corrected chi connectivity index (χ0v) is 30.1. The molecule has 10 nitrogen and oxygen atoms in total. The Bertz CT molecular complexity index is 1710. The number of nitrogens with one attached hydrogen (secondary N) is 1. The lowest BCUT2D eigenvalue weighted by atomic mass is 9.85. The number of aromatic nitrogens is 1. The summed E-state index contributed by atoms with van der Waals surface area (Å²) in [5.41, 5.74) is 5.28. The monoisotopic (exact) mass is 677 g/mol. The number of benzene rings is 2. The van der Waals surface area contributed by atoms with Gasteiger partial charge in [0.2, 0.25) is 5.91 Å². The molecule has 0 radical (unpaired) electrons. The molecule has 2 amide bonds. The highest BCUT2D eigenvalue weighted by Gasteiger charge is 2.63. The van der Waals surface area contributed by atoms with E-state index in [0.29, 0.717) is 37.5 Å². The van der Waals surface area contributed by atoms with Crippen molar-refractivity contribution < 1.29 is 23.6 Å². The maximum absolute atomic E-state index is 14.3. The van der Waals surface area contributed by atoms with Crippen LogP contribution in [-0.2, 0) is 22.5 Å². The highest BCUT2D eigenvalue weighted by Crippen LogP contribution is 2.66. The molecule has 1 saturated carbocycles. The largest absolute Gasteiger partial charge is 0.497 e. The molecule has 4 atom stereocenters. The molecule has 1 aliphatic carbocycles. The van der Waals surface area contributed by atoms with Crippen LogP contribution in [0.4, 0.5) is 0 Å². The number of piperazine rings is 1. The van der Waals surface area contributed by atoms with Crippen molar-refractivity contribution >= 4 is 33.9 Å². The topological polar surface area (TPSA) is 107 Å². The number of hydrogen-bond donors (Lipinski definition) is 2. The van der Waals surface area contributed by atoms with Gasteiger partial charge in [-0.25, -0.2) is 8.51 Å². The van der Waals surface area contributed by atoms with E-state index >= 15 is 0 Å². The van der Waals surface area contributed by atoms with E-state index in [9.17, 15) is 18.9 Å². The molecule has 2 aliphatic heterocycles. The summed E-state index contributed by atoms with van der Waals surface area (Å²) in [5.74, 6) is 0.708. The molecule has 260 valence electrons. The first kappa shape index (κ1) is 34.6. The molecule has 1 saturated heterocycles. The van der Waals surface area contributed by atoms with Crippen molar-refractivity contribution in [2.45, 2.75) is 77.4 Å². The Morgan fingerprint density at radius 2 is 1.81 bits per heavy atom. The van der Waals surface area contributed by atoms with Crippen LogP contribution in [0.15, 0.2) is 36.4 Å². The predicted octanol–water partition coefficient (Wildman–Crippen LogP) is 4.88. The lowest BCUT2D eigenvalue weighted by Gasteiger charge is -2.30. The number of hydrogen-bond acceptors (Lipinski definition) is 6. The van der Waals surface area contributed by atoms with E-state index in [1.165, 1.54) is 5.56 Å². The Morgan fingerprint density at radius 3 is 2.46 bits per heavy atom. The number of aliphatic hydroxyl groups excluding tert-OH is 1. The van der Waals surface area contributed by atoms with Gasteiger partial charge in [0.25, 0.3) is 5.91 Å². The normalized spacial score (nSPS) is 22.0. The summed E-state index contributed by atoms with van der Waals surface area (Å²) in [7, 11) is 5.48. The Labute approximate surface area is 287 Å². The minimum Gasteiger partial charge on any atom is -0.497 e. The van der Waals surface area contributed by atoms with E-state index in [1.54, 1.807) is 30.3 Å². The Kier molecular flexibility index (Phi) is 10.0. The van der Waals surface area contributed by atoms with Gasteiger partial charge >= 0.3 is 0 Å². The third-order valence-electron chi connectivity index (χ3n) is 10.6. The highest BCUT2D eigenvalue weighted by molar-refractivity contribution is 7.81. The molecule has 3 unspecified atom stereocenters. The number of ether oxygens (including phenoxy) is 1. The number of nitrogens with zero attached hydrogens (tertiary/aromatic N) is 4. The lowest BCUT2D eigenvalue weighted by molar-refractivity contribution is -0.137. The molecule has 11 heteroatoms. The summed E-state index contributed by atoms with van der Waals surface area (Å²) in [5, 5.41) is 11.3. The molecular formula is C37H51N5O5S. The standard InChI is InChI=1S/C37H51N5O5S/c1-7-9-25(10-8-2)33-29-13-11-26(35(44)38-48(46)41-17-15-39(4)16-18-41)19-32(29)42-23-37(36(45)40(5)22-24(3)43)21-31(37)30-20-27(47-6)12-14-28(30)34(33)42/h11-14,19-20,24-25,31,43H,7-10,15-18,21-23H2,1-6H3,(H,38,44)/t24-,31?,37?,48?/m1/s1. The Morgan fingerprint density at radius 1 is 1.10 bits per heavy atom. The van der Waals surface area contributed by atoms with Crippen molar-refractivity contribution in [1.29, 1.82) is 0 Å². The summed E-state index contributed by atoms with van der Waals surface area (Å²) in [4.78, 5) is 31.8. The zero-order valence-electron chi connectivity index (χ0n) is 29.3. The smallest absolute Gasteiger partial charge is 0.264 e. The van der Waals surface area contributed by atoms with Gasteiger partial charge in [0, 0.05) is 74.3 Å². The molecule has 3 aromatic rings. The highest BCUT2D eigenvalue weighted by atomic mass is 32.2. The fourth-order valence-electron chi connectivity index (χ4n) is 8.18. The average Bonchev–Trinajstić information content (AvgIpc) is 3.73. The van der Waals surface area contributed by atoms with Crippen molar-refractivity contribution in [3.05, 3.63) is 53.1 Å². The quantitative estimate of drug-likeness (QED) is 0.283. The Balaban J connectivity index is 1.51. The second kappa shape index (κ2) is 13.9. The van der Waals surface area contributed by atoms with Gasteiger partial charge in [-0.15, -0.1) is 0 Å². The van der Waals surface area contributed by atoms with Crippen LogP contribution in [0.25, 0.3) is 22.2 Å². The van der Waals surface area contributed by atoms with Crippen molar-refractivity contribution in [3.63, 3.8) is 0 Å². The molecule has 48 heavy (non-hydrogen) atoms. The SMILES string of the molecule is CCCC(CCC)c1c2n(c3cc(C(=O)NS(=O)N4CCN(C)CC4)ccc13)CC1(C(=O)N(C)C[C@@H](C)O)CC1c1cc(OC)ccc1-2. The molecule has 2 fully saturated rings. The summed E-state index contributed by atoms with van der Waals surface area (Å²) in [6.45, 7) is 9.71. The van der Waals surface area contributed by atoms with Crippen LogP contribution < -0.4 is 9.46 Å². The second-order valence-electron chi connectivity index (χ2n) is 14.2. The van der Waals surface area contributed by atoms with Crippen LogP contribution in [0.3, 0.4) is 0 Å². The number of methoxy groups -OCH3 is 1. The maximum atomic E-state index is 14.3. The average molecular weight is 678 g/mol. The number of carbonyl (C=O) groups is 2. The molecule has 2 aromatic carbocycles. The first-order chi connectivity index (χ1) is 23.0. The van der Waals surface area contributed by atoms with E-state index in [1.807, 2.05) is 25.2 Å². The Hall–Kier alpha value is -3.25. The summed E-state index contributed by atoms with van der Waals surface area (Å²) >= 11 is -1.64. The van der Waals surface area contributed by atoms with Gasteiger partial charge in [-0.1, -0.05) is 32.8 Å². The molecule has 1 aromatic heterocycles. The van der Waals surface area contributed by atoms with Gasteiger partial charge in [0.1, 0.15) is 5.75 Å². The lowest BCUT2D eigenvalue weighted by Crippen LogP contribution is -2.49. The van der Waals surface area contributed by atoms with Gasteiger partial charge in [-0.3, -0.25) is 14.3 Å². The third kappa shape index (κ3) is 6.30. The second-order valence-corrected chi connectivity index (χ2v) is 15.4. The minimum absolute atomic E-state index is 0.00244. The van der Waals surface area contributed by atoms with Gasteiger partial charge < -0.3 is 24.2 Å². The van der Waals surface area contributed by atoms with Crippen LogP contribution in [0, 0.1) is 5.41 Å². The van der Waals surface area contributed by atoms with Crippen molar-refractivity contribution in [2.24, 2.45) is 5.41 Å². The number of rotatable bonds is 12. The van der Waals surface area contributed by atoms with Crippen LogP contribution >= 0.6 is 0 Å². The van der Waals surface area contributed by atoms with Gasteiger partial charge in [0.15, 0.2) is 11.2 Å². The number of aliphatic hydroxyl groups is 1. The summed E-state index contributed by atoms with van der Waals surface area (Å²) < 4.78 is 25.7. The molecule has 3 heterocycles. The van der Waals surface area contributed by atoms with E-state index in [2.05, 4.69) is 46.2 Å². The zero-order chi connectivity index (χ0) is 34.3. The van der Waals surface area contributed by atoms with Crippen LogP contribution in [0.2, 0.25) is 0 Å². The van der Waals surface area contributed by atoms with Crippen LogP contribution in [0.1, 0.15) is 86.2 Å². The molecule has 2 N–H and O–H groups in total. The van der Waals surface area contributed by atoms with Crippen molar-refractivity contribution in [2.75, 3.05) is 53.9 Å². The number of likely N-dealkylation sites (N-methyl/N-ethyl adjacent to an activating group) is 2. The predicted molar refractivity (Wildman–Crippen MR) is 190 cm³/mol. The maximum Gasteiger partial charge on any atom is 0.264 e. The molecule has 0 bridgehead atoms. The fraction of sp³-hybridized carbons (Fsp3) is 0.568. The first-order valence-electron chi connectivity index (χ1n) is 17.5. The fourth-order valence-corrected chi connectivity index (χ4v) is 9.08. The van der Waals surface area contributed by atoms with E-state index in [4.69, 9.17) is 4.74 Å². The third-order valence-corrected chi connectivity index (χ3v) is 11.8. The number of fused-ring (bicyclic) bond motifs is 7. The van der Waals surface area contributed by atoms with E-state index in [0.717, 1.165) is 72.2 Å². The van der Waals surface area contributed by atoms with Gasteiger partial charge in [-0.2, -0.15) is 0 Å². The molecule has 3 aliphatic rings. The summed E-state index contributed by atoms with van der Waals surface area (Å²) in [6, 6.07) is 12.1. The van der Waals surface area contributed by atoms with E-state index < -0.39 is 22.7 Å². The van der Waals surface area contributed by atoms with Gasteiger partial charge in [-0.05, 0) is 80.6 Å². The molecular weight excluding hydrogens is 627 g/mol. The van der Waals surface area contributed by atoms with E-state index in [-0.39, 0.29) is 24.3 Å².